The van der Waals surface area contributed by atoms with Gasteiger partial charge in [-0.2, -0.15) is 5.10 Å². The van der Waals surface area contributed by atoms with Crippen molar-refractivity contribution in [2.24, 2.45) is 16.9 Å². The minimum Gasteiger partial charge on any atom is -0.390 e. The molecular formula is C17H18ClFN6O2. The van der Waals surface area contributed by atoms with E-state index in [4.69, 9.17) is 17.4 Å². The van der Waals surface area contributed by atoms with Gasteiger partial charge in [0.2, 0.25) is 5.49 Å². The first-order valence-corrected chi connectivity index (χ1v) is 8.79. The smallest absolute Gasteiger partial charge is 0.202 e. The van der Waals surface area contributed by atoms with Crippen molar-refractivity contribution in [3.63, 3.8) is 0 Å². The number of fused-ring (bicyclic) bond motifs is 1. The van der Waals surface area contributed by atoms with Crippen molar-refractivity contribution < 1.29 is 14.6 Å². The molecule has 27 heavy (non-hydrogen) atoms. The Bertz CT molecular complexity index is 1020. The highest BCUT2D eigenvalue weighted by Gasteiger charge is 2.46. The van der Waals surface area contributed by atoms with Crippen LogP contribution in [0.3, 0.4) is 0 Å². The molecule has 1 fully saturated rings. The zero-order valence-electron chi connectivity index (χ0n) is 14.1. The zero-order valence-corrected chi connectivity index (χ0v) is 14.8. The van der Waals surface area contributed by atoms with Gasteiger partial charge in [-0.3, -0.25) is 0 Å². The molecule has 4 rings (SSSR count). The van der Waals surface area contributed by atoms with Gasteiger partial charge < -0.3 is 25.6 Å². The van der Waals surface area contributed by atoms with E-state index in [1.54, 1.807) is 28.8 Å². The van der Waals surface area contributed by atoms with Gasteiger partial charge in [-0.1, -0.05) is 23.7 Å². The molecule has 0 amide bonds. The van der Waals surface area contributed by atoms with Gasteiger partial charge in [-0.15, -0.1) is 0 Å². The first kappa shape index (κ1) is 17.9. The quantitative estimate of drug-likeness (QED) is 0.393. The molecule has 5 N–H and O–H groups in total. The van der Waals surface area contributed by atoms with Gasteiger partial charge in [0.15, 0.2) is 5.52 Å². The summed E-state index contributed by atoms with van der Waals surface area (Å²) < 4.78 is 16.7. The summed E-state index contributed by atoms with van der Waals surface area (Å²) in [4.78, 5) is 11.2. The molecule has 142 valence electrons. The normalized spacial score (nSPS) is 27.3. The van der Waals surface area contributed by atoms with E-state index in [2.05, 4.69) is 20.1 Å². The molecule has 10 heteroatoms. The Hall–Kier alpha value is -2.49. The van der Waals surface area contributed by atoms with Crippen molar-refractivity contribution in [2.45, 2.75) is 30.8 Å². The van der Waals surface area contributed by atoms with Crippen LogP contribution in [0.15, 0.2) is 42.0 Å². The molecular weight excluding hydrogens is 375 g/mol. The summed E-state index contributed by atoms with van der Waals surface area (Å²) in [6.45, 7) is 0. The summed E-state index contributed by atoms with van der Waals surface area (Å²) in [7, 11) is 0. The van der Waals surface area contributed by atoms with Crippen LogP contribution < -0.4 is 11.3 Å². The van der Waals surface area contributed by atoms with Crippen LogP contribution in [0, 0.1) is 5.92 Å². The minimum atomic E-state index is -1.44. The number of benzene rings is 1. The SMILES string of the molecule is N/N=c1/nc[nH]c2c1ncn2[C@@H]1C[C@H](C(F)c2ccc(Cl)cc2)[C@@H](O)[C@H]1O. The molecule has 5 atom stereocenters. The first-order chi connectivity index (χ1) is 13.0. The molecule has 8 nitrogen and oxygen atoms in total. The fourth-order valence-corrected chi connectivity index (χ4v) is 3.86. The number of hydrogen-bond acceptors (Lipinski definition) is 6. The summed E-state index contributed by atoms with van der Waals surface area (Å²) in [5.74, 6) is 4.54. The largest absolute Gasteiger partial charge is 0.390 e. The number of aromatic amines is 1. The summed E-state index contributed by atoms with van der Waals surface area (Å²) in [6, 6.07) is 5.80. The Labute approximate surface area is 158 Å². The maximum atomic E-state index is 15.1. The number of alkyl halides is 1. The molecule has 1 aliphatic carbocycles. The molecule has 1 saturated carbocycles. The number of aliphatic hydroxyl groups is 2. The second-order valence-corrected chi connectivity index (χ2v) is 7.04. The van der Waals surface area contributed by atoms with E-state index >= 15 is 4.39 Å². The molecule has 1 unspecified atom stereocenters. The monoisotopic (exact) mass is 392 g/mol. The van der Waals surface area contributed by atoms with Crippen LogP contribution in [0.25, 0.3) is 11.2 Å². The van der Waals surface area contributed by atoms with E-state index in [-0.39, 0.29) is 11.9 Å². The van der Waals surface area contributed by atoms with E-state index in [0.29, 0.717) is 21.7 Å². The highest BCUT2D eigenvalue weighted by atomic mass is 35.5. The predicted octanol–water partition coefficient (Wildman–Crippen LogP) is 1.18. The van der Waals surface area contributed by atoms with Gasteiger partial charge in [-0.05, 0) is 24.1 Å². The standard InChI is InChI=1S/C17H18ClFN6O2/c18-9-3-1-8(2-4-9)12(19)10-5-11(15(27)14(10)26)25-7-23-13-16(24-20)21-6-22-17(13)25/h1-4,6-7,10-12,14-15,26-27H,5,20H2,(H,21,22,24)/t10-,11-,12?,14-,15+/m1/s1. The van der Waals surface area contributed by atoms with E-state index in [1.807, 2.05) is 0 Å². The van der Waals surface area contributed by atoms with Gasteiger partial charge in [0, 0.05) is 10.9 Å². The number of nitrogens with two attached hydrogens (primary N) is 1. The summed E-state index contributed by atoms with van der Waals surface area (Å²) in [6.07, 6.45) is -0.685. The molecule has 0 bridgehead atoms. The molecule has 3 aromatic rings. The Morgan fingerprint density at radius 1 is 1.26 bits per heavy atom. The Kier molecular flexibility index (Phi) is 4.58. The van der Waals surface area contributed by atoms with E-state index < -0.39 is 30.3 Å². The maximum Gasteiger partial charge on any atom is 0.202 e. The van der Waals surface area contributed by atoms with E-state index in [0.717, 1.165) is 0 Å². The summed E-state index contributed by atoms with van der Waals surface area (Å²) in [5.41, 5.74) is 1.62. The lowest BCUT2D eigenvalue weighted by atomic mass is 9.93. The van der Waals surface area contributed by atoms with Crippen LogP contribution in [0.2, 0.25) is 5.02 Å². The van der Waals surface area contributed by atoms with Crippen LogP contribution in [0.1, 0.15) is 24.2 Å². The molecule has 0 spiro atoms. The van der Waals surface area contributed by atoms with Gasteiger partial charge >= 0.3 is 0 Å². The number of nitrogens with zero attached hydrogens (tertiary/aromatic N) is 4. The Morgan fingerprint density at radius 3 is 2.70 bits per heavy atom. The molecule has 0 radical (unpaired) electrons. The third-order valence-electron chi connectivity index (χ3n) is 5.13. The Balaban J connectivity index is 1.67. The van der Waals surface area contributed by atoms with Crippen LogP contribution in [-0.2, 0) is 0 Å². The van der Waals surface area contributed by atoms with Gasteiger partial charge in [0.25, 0.3) is 0 Å². The summed E-state index contributed by atoms with van der Waals surface area (Å²) in [5, 5.41) is 25.1. The molecule has 1 aromatic carbocycles. The van der Waals surface area contributed by atoms with E-state index in [9.17, 15) is 10.2 Å². The van der Waals surface area contributed by atoms with Crippen molar-refractivity contribution >= 4 is 22.8 Å². The fraction of sp³-hybridized carbons (Fsp3) is 0.353. The van der Waals surface area contributed by atoms with Crippen molar-refractivity contribution in [2.75, 3.05) is 0 Å². The van der Waals surface area contributed by atoms with Crippen LogP contribution >= 0.6 is 11.6 Å². The van der Waals surface area contributed by atoms with Gasteiger partial charge in [0.05, 0.1) is 24.8 Å². The van der Waals surface area contributed by atoms with Crippen molar-refractivity contribution in [1.82, 2.24) is 19.5 Å². The number of H-pyrrole nitrogens is 1. The maximum absolute atomic E-state index is 15.1. The van der Waals surface area contributed by atoms with Crippen LogP contribution in [-0.4, -0.2) is 41.9 Å². The third-order valence-corrected chi connectivity index (χ3v) is 5.39. The number of hydrogen-bond donors (Lipinski definition) is 4. The third kappa shape index (κ3) is 2.97. The van der Waals surface area contributed by atoms with E-state index in [1.165, 1.54) is 12.7 Å². The van der Waals surface area contributed by atoms with Crippen LogP contribution in [0.5, 0.6) is 0 Å². The van der Waals surface area contributed by atoms with Crippen molar-refractivity contribution in [3.8, 4) is 0 Å². The average Bonchev–Trinajstić information content (AvgIpc) is 3.23. The lowest BCUT2D eigenvalue weighted by molar-refractivity contribution is -0.00976. The Morgan fingerprint density at radius 2 is 2.00 bits per heavy atom. The average molecular weight is 393 g/mol. The molecule has 0 aliphatic heterocycles. The number of halogens is 2. The second kappa shape index (κ2) is 6.91. The second-order valence-electron chi connectivity index (χ2n) is 6.61. The molecule has 2 aromatic heterocycles. The highest BCUT2D eigenvalue weighted by molar-refractivity contribution is 6.30. The number of imidazole rings is 1. The highest BCUT2D eigenvalue weighted by Crippen LogP contribution is 2.44. The lowest BCUT2D eigenvalue weighted by Gasteiger charge is -2.20. The molecule has 2 heterocycles. The number of aromatic nitrogens is 4. The number of nitrogens with one attached hydrogen (secondary N) is 1. The summed E-state index contributed by atoms with van der Waals surface area (Å²) >= 11 is 5.85. The predicted molar refractivity (Wildman–Crippen MR) is 96.1 cm³/mol. The lowest BCUT2D eigenvalue weighted by Crippen LogP contribution is -2.30. The van der Waals surface area contributed by atoms with Crippen LogP contribution in [0.4, 0.5) is 4.39 Å². The molecule has 0 saturated heterocycles. The van der Waals surface area contributed by atoms with Gasteiger partial charge in [-0.25, -0.2) is 14.4 Å². The number of rotatable bonds is 3. The van der Waals surface area contributed by atoms with Gasteiger partial charge in [0.1, 0.15) is 17.9 Å². The minimum absolute atomic E-state index is 0.225. The number of aliphatic hydroxyl groups excluding tert-OH is 2. The first-order valence-electron chi connectivity index (χ1n) is 8.41. The zero-order chi connectivity index (χ0) is 19.1. The topological polar surface area (TPSA) is 125 Å². The van der Waals surface area contributed by atoms with Crippen molar-refractivity contribution in [1.29, 1.82) is 0 Å². The molecule has 1 aliphatic rings. The van der Waals surface area contributed by atoms with Crippen molar-refractivity contribution in [3.05, 3.63) is 53.0 Å². The fourth-order valence-electron chi connectivity index (χ4n) is 3.73.